The SMILES string of the molecule is CC(C)C(O)CNC(=O)NC1CCN(c2ccc(F)c(Cl)c2)C1. The van der Waals surface area contributed by atoms with Crippen LogP contribution in [0.4, 0.5) is 14.9 Å². The molecule has 1 fully saturated rings. The summed E-state index contributed by atoms with van der Waals surface area (Å²) in [5.41, 5.74) is 0.844. The fraction of sp³-hybridized carbons (Fsp3) is 0.562. The molecule has 2 amide bonds. The molecule has 1 aromatic carbocycles. The minimum atomic E-state index is -0.554. The second kappa shape index (κ2) is 7.84. The average Bonchev–Trinajstić information content (AvgIpc) is 2.95. The number of aliphatic hydroxyl groups is 1. The Morgan fingerprint density at radius 3 is 2.91 bits per heavy atom. The molecule has 2 unspecified atom stereocenters. The van der Waals surface area contributed by atoms with E-state index in [2.05, 4.69) is 15.5 Å². The molecule has 23 heavy (non-hydrogen) atoms. The number of urea groups is 1. The number of rotatable bonds is 5. The second-order valence-corrected chi connectivity index (χ2v) is 6.60. The third kappa shape index (κ3) is 4.97. The van der Waals surface area contributed by atoms with E-state index in [-0.39, 0.29) is 29.6 Å². The zero-order valence-corrected chi connectivity index (χ0v) is 14.1. The normalized spacial score (nSPS) is 19.0. The summed E-state index contributed by atoms with van der Waals surface area (Å²) < 4.78 is 13.2. The van der Waals surface area contributed by atoms with Crippen molar-refractivity contribution in [3.63, 3.8) is 0 Å². The van der Waals surface area contributed by atoms with Gasteiger partial charge in [-0.15, -0.1) is 0 Å². The molecule has 0 aromatic heterocycles. The lowest BCUT2D eigenvalue weighted by Gasteiger charge is -2.20. The van der Waals surface area contributed by atoms with Crippen molar-refractivity contribution in [3.8, 4) is 0 Å². The Labute approximate surface area is 140 Å². The molecule has 2 rings (SSSR count). The van der Waals surface area contributed by atoms with Crippen LogP contribution >= 0.6 is 11.6 Å². The number of benzene rings is 1. The van der Waals surface area contributed by atoms with E-state index in [9.17, 15) is 14.3 Å². The lowest BCUT2D eigenvalue weighted by atomic mass is 10.1. The van der Waals surface area contributed by atoms with Gasteiger partial charge >= 0.3 is 6.03 Å². The van der Waals surface area contributed by atoms with Gasteiger partial charge in [0, 0.05) is 31.4 Å². The highest BCUT2D eigenvalue weighted by atomic mass is 35.5. The van der Waals surface area contributed by atoms with E-state index in [0.29, 0.717) is 6.54 Å². The topological polar surface area (TPSA) is 64.6 Å². The van der Waals surface area contributed by atoms with E-state index < -0.39 is 11.9 Å². The van der Waals surface area contributed by atoms with Gasteiger partial charge in [0.2, 0.25) is 0 Å². The summed E-state index contributed by atoms with van der Waals surface area (Å²) in [4.78, 5) is 13.9. The molecular formula is C16H23ClFN3O2. The zero-order chi connectivity index (χ0) is 17.0. The van der Waals surface area contributed by atoms with Gasteiger partial charge < -0.3 is 20.6 Å². The lowest BCUT2D eigenvalue weighted by molar-refractivity contribution is 0.124. The van der Waals surface area contributed by atoms with Gasteiger partial charge in [0.1, 0.15) is 5.82 Å². The fourth-order valence-electron chi connectivity index (χ4n) is 2.46. The van der Waals surface area contributed by atoms with Crippen LogP contribution in [0.5, 0.6) is 0 Å². The molecule has 2 atom stereocenters. The first kappa shape index (κ1) is 17.8. The standard InChI is InChI=1S/C16H23ClFN3O2/c1-10(2)15(22)8-19-16(23)20-11-5-6-21(9-11)12-3-4-14(18)13(17)7-12/h3-4,7,10-11,15,22H,5-6,8-9H2,1-2H3,(H2,19,20,23). The van der Waals surface area contributed by atoms with E-state index in [1.165, 1.54) is 6.07 Å². The third-order valence-corrected chi connectivity index (χ3v) is 4.32. The summed E-state index contributed by atoms with van der Waals surface area (Å²) in [6, 6.07) is 4.35. The zero-order valence-electron chi connectivity index (χ0n) is 13.4. The van der Waals surface area contributed by atoms with Crippen LogP contribution in [0.15, 0.2) is 18.2 Å². The van der Waals surface area contributed by atoms with Gasteiger partial charge in [-0.3, -0.25) is 0 Å². The van der Waals surface area contributed by atoms with Crippen LogP contribution in [0, 0.1) is 11.7 Å². The van der Waals surface area contributed by atoms with Crippen LogP contribution in [0.25, 0.3) is 0 Å². The largest absolute Gasteiger partial charge is 0.391 e. The van der Waals surface area contributed by atoms with E-state index in [4.69, 9.17) is 11.6 Å². The summed E-state index contributed by atoms with van der Waals surface area (Å²) in [5.74, 6) is -0.340. The van der Waals surface area contributed by atoms with Gasteiger partial charge in [-0.25, -0.2) is 9.18 Å². The smallest absolute Gasteiger partial charge is 0.315 e. The summed E-state index contributed by atoms with van der Waals surface area (Å²) in [6.07, 6.45) is 0.247. The number of carbonyl (C=O) groups excluding carboxylic acids is 1. The number of anilines is 1. The van der Waals surface area contributed by atoms with Crippen molar-refractivity contribution in [2.45, 2.75) is 32.4 Å². The minimum Gasteiger partial charge on any atom is -0.391 e. The molecule has 128 valence electrons. The highest BCUT2D eigenvalue weighted by Crippen LogP contribution is 2.25. The lowest BCUT2D eigenvalue weighted by Crippen LogP contribution is -2.46. The summed E-state index contributed by atoms with van der Waals surface area (Å²) in [6.45, 7) is 5.43. The number of aliphatic hydroxyl groups excluding tert-OH is 1. The third-order valence-electron chi connectivity index (χ3n) is 4.03. The van der Waals surface area contributed by atoms with Crippen molar-refractivity contribution in [2.75, 3.05) is 24.5 Å². The molecule has 1 saturated heterocycles. The molecule has 1 aliphatic heterocycles. The molecule has 0 spiro atoms. The molecule has 0 radical (unpaired) electrons. The van der Waals surface area contributed by atoms with E-state index >= 15 is 0 Å². The first-order valence-electron chi connectivity index (χ1n) is 7.79. The van der Waals surface area contributed by atoms with Crippen molar-refractivity contribution in [3.05, 3.63) is 29.0 Å². The van der Waals surface area contributed by atoms with Crippen LogP contribution < -0.4 is 15.5 Å². The molecule has 3 N–H and O–H groups in total. The van der Waals surface area contributed by atoms with E-state index in [1.54, 1.807) is 12.1 Å². The maximum absolute atomic E-state index is 13.2. The Morgan fingerprint density at radius 1 is 1.52 bits per heavy atom. The van der Waals surface area contributed by atoms with Gasteiger partial charge in [0.25, 0.3) is 0 Å². The monoisotopic (exact) mass is 343 g/mol. The second-order valence-electron chi connectivity index (χ2n) is 6.20. The van der Waals surface area contributed by atoms with E-state index in [1.807, 2.05) is 13.8 Å². The number of amides is 2. The number of carbonyl (C=O) groups is 1. The molecule has 0 aliphatic carbocycles. The molecule has 1 heterocycles. The number of nitrogens with one attached hydrogen (secondary N) is 2. The summed E-state index contributed by atoms with van der Waals surface area (Å²) >= 11 is 5.80. The van der Waals surface area contributed by atoms with Crippen molar-refractivity contribution in [1.29, 1.82) is 0 Å². The summed E-state index contributed by atoms with van der Waals surface area (Å²) in [5, 5.41) is 15.3. The highest BCUT2D eigenvalue weighted by molar-refractivity contribution is 6.31. The minimum absolute atomic E-state index is 0.00928. The fourth-order valence-corrected chi connectivity index (χ4v) is 2.64. The van der Waals surface area contributed by atoms with Gasteiger partial charge in [-0.05, 0) is 30.5 Å². The van der Waals surface area contributed by atoms with Crippen molar-refractivity contribution >= 4 is 23.3 Å². The van der Waals surface area contributed by atoms with Crippen LogP contribution in [-0.2, 0) is 0 Å². The van der Waals surface area contributed by atoms with Crippen LogP contribution in [0.1, 0.15) is 20.3 Å². The molecule has 0 saturated carbocycles. The van der Waals surface area contributed by atoms with Gasteiger partial charge in [0.15, 0.2) is 0 Å². The first-order chi connectivity index (χ1) is 10.9. The molecule has 1 aromatic rings. The van der Waals surface area contributed by atoms with Crippen molar-refractivity contribution in [2.24, 2.45) is 5.92 Å². The van der Waals surface area contributed by atoms with Crippen molar-refractivity contribution in [1.82, 2.24) is 10.6 Å². The summed E-state index contributed by atoms with van der Waals surface area (Å²) in [7, 11) is 0. The van der Waals surface area contributed by atoms with Crippen LogP contribution in [0.3, 0.4) is 0 Å². The maximum Gasteiger partial charge on any atom is 0.315 e. The molecular weight excluding hydrogens is 321 g/mol. The molecule has 7 heteroatoms. The Bertz CT molecular complexity index is 556. The van der Waals surface area contributed by atoms with E-state index in [0.717, 1.165) is 18.7 Å². The number of halogens is 2. The number of nitrogens with zero attached hydrogens (tertiary/aromatic N) is 1. The predicted octanol–water partition coefficient (Wildman–Crippen LogP) is 2.37. The highest BCUT2D eigenvalue weighted by Gasteiger charge is 2.24. The first-order valence-corrected chi connectivity index (χ1v) is 8.17. The molecule has 5 nitrogen and oxygen atoms in total. The van der Waals surface area contributed by atoms with Crippen LogP contribution in [0.2, 0.25) is 5.02 Å². The van der Waals surface area contributed by atoms with Gasteiger partial charge in [0.05, 0.1) is 11.1 Å². The Kier molecular flexibility index (Phi) is 6.07. The van der Waals surface area contributed by atoms with Gasteiger partial charge in [-0.2, -0.15) is 0 Å². The van der Waals surface area contributed by atoms with Gasteiger partial charge in [-0.1, -0.05) is 25.4 Å². The Hall–Kier alpha value is -1.53. The predicted molar refractivity (Wildman–Crippen MR) is 89.4 cm³/mol. The number of hydrogen-bond donors (Lipinski definition) is 3. The number of hydrogen-bond acceptors (Lipinski definition) is 3. The van der Waals surface area contributed by atoms with Crippen LogP contribution in [-0.4, -0.2) is 42.9 Å². The Morgan fingerprint density at radius 2 is 2.26 bits per heavy atom. The maximum atomic E-state index is 13.2. The quantitative estimate of drug-likeness (QED) is 0.769. The average molecular weight is 344 g/mol. The molecule has 0 bridgehead atoms. The molecule has 1 aliphatic rings. The van der Waals surface area contributed by atoms with Crippen molar-refractivity contribution < 1.29 is 14.3 Å². The Balaban J connectivity index is 1.81.